The zero-order chi connectivity index (χ0) is 10.3. The Labute approximate surface area is 88.0 Å². The van der Waals surface area contributed by atoms with E-state index in [0.717, 1.165) is 10.7 Å². The average molecular weight is 212 g/mol. The molecule has 1 aliphatic carbocycles. The van der Waals surface area contributed by atoms with Crippen LogP contribution in [0.5, 0.6) is 0 Å². The van der Waals surface area contributed by atoms with Gasteiger partial charge in [0.25, 0.3) is 0 Å². The second-order valence-electron chi connectivity index (χ2n) is 4.32. The van der Waals surface area contributed by atoms with Gasteiger partial charge < -0.3 is 10.8 Å². The maximum Gasteiger partial charge on any atom is 0.0959 e. The van der Waals surface area contributed by atoms with E-state index >= 15 is 0 Å². The fourth-order valence-electron chi connectivity index (χ4n) is 1.96. The van der Waals surface area contributed by atoms with Gasteiger partial charge in [-0.3, -0.25) is 0 Å². The molecule has 14 heavy (non-hydrogen) atoms. The highest BCUT2D eigenvalue weighted by Crippen LogP contribution is 2.35. The number of thiazole rings is 1. The third-order valence-corrected chi connectivity index (χ3v) is 3.91. The lowest BCUT2D eigenvalue weighted by Gasteiger charge is -2.41. The molecule has 1 heterocycles. The average Bonchev–Trinajstić information content (AvgIpc) is 2.27. The predicted molar refractivity (Wildman–Crippen MR) is 57.5 cm³/mol. The molecule has 0 radical (unpaired) electrons. The fourth-order valence-corrected chi connectivity index (χ4v) is 3.03. The minimum Gasteiger partial charge on any atom is -0.389 e. The van der Waals surface area contributed by atoms with Crippen molar-refractivity contribution in [3.8, 4) is 0 Å². The summed E-state index contributed by atoms with van der Waals surface area (Å²) in [4.78, 5) is 5.66. The molecule has 1 aliphatic rings. The Balaban J connectivity index is 2.04. The maximum absolute atomic E-state index is 10.0. The number of nitrogens with two attached hydrogens (primary N) is 1. The summed E-state index contributed by atoms with van der Waals surface area (Å²) in [5.74, 6) is 0. The largest absolute Gasteiger partial charge is 0.389 e. The van der Waals surface area contributed by atoms with Gasteiger partial charge in [0.15, 0.2) is 0 Å². The highest BCUT2D eigenvalue weighted by atomic mass is 32.1. The maximum atomic E-state index is 10.0. The third-order valence-electron chi connectivity index (χ3n) is 2.84. The van der Waals surface area contributed by atoms with E-state index in [2.05, 4.69) is 11.9 Å². The number of nitrogens with zero attached hydrogens (tertiary/aromatic N) is 1. The van der Waals surface area contributed by atoms with E-state index < -0.39 is 5.60 Å². The van der Waals surface area contributed by atoms with Crippen molar-refractivity contribution in [2.24, 2.45) is 5.73 Å². The summed E-state index contributed by atoms with van der Waals surface area (Å²) < 4.78 is 0. The van der Waals surface area contributed by atoms with Gasteiger partial charge in [0.2, 0.25) is 0 Å². The number of aromatic nitrogens is 1. The molecule has 1 aromatic rings. The van der Waals surface area contributed by atoms with E-state index in [0.29, 0.717) is 19.3 Å². The van der Waals surface area contributed by atoms with E-state index in [4.69, 9.17) is 5.73 Å². The Morgan fingerprint density at radius 2 is 2.21 bits per heavy atom. The number of aliphatic hydroxyl groups is 1. The monoisotopic (exact) mass is 212 g/mol. The van der Waals surface area contributed by atoms with Crippen LogP contribution in [0.4, 0.5) is 0 Å². The van der Waals surface area contributed by atoms with Crippen molar-refractivity contribution in [1.82, 2.24) is 4.98 Å². The summed E-state index contributed by atoms with van der Waals surface area (Å²) in [6, 6.07) is 0.183. The van der Waals surface area contributed by atoms with Crippen LogP contribution in [0.3, 0.4) is 0 Å². The summed E-state index contributed by atoms with van der Waals surface area (Å²) in [6.45, 7) is 4.07. The van der Waals surface area contributed by atoms with Crippen molar-refractivity contribution in [3.63, 3.8) is 0 Å². The molecule has 3 nitrogen and oxygen atoms in total. The third kappa shape index (κ3) is 1.82. The molecule has 0 unspecified atom stereocenters. The van der Waals surface area contributed by atoms with Crippen LogP contribution >= 0.6 is 11.3 Å². The molecule has 0 aliphatic heterocycles. The van der Waals surface area contributed by atoms with Gasteiger partial charge in [-0.1, -0.05) is 0 Å². The van der Waals surface area contributed by atoms with Crippen LogP contribution in [-0.4, -0.2) is 21.7 Å². The van der Waals surface area contributed by atoms with Crippen molar-refractivity contribution in [3.05, 3.63) is 15.6 Å². The van der Waals surface area contributed by atoms with E-state index in [1.807, 2.05) is 6.92 Å². The van der Waals surface area contributed by atoms with Crippen molar-refractivity contribution in [2.45, 2.75) is 44.8 Å². The number of aryl methyl sites for hydroxylation is 2. The molecule has 0 spiro atoms. The zero-order valence-corrected chi connectivity index (χ0v) is 9.40. The molecule has 4 heteroatoms. The zero-order valence-electron chi connectivity index (χ0n) is 8.58. The Bertz CT molecular complexity index is 322. The van der Waals surface area contributed by atoms with E-state index in [1.54, 1.807) is 11.3 Å². The number of hydrogen-bond donors (Lipinski definition) is 2. The predicted octanol–water partition coefficient (Wildman–Crippen LogP) is 1.15. The molecule has 0 aromatic carbocycles. The van der Waals surface area contributed by atoms with Crippen LogP contribution < -0.4 is 5.73 Å². The molecule has 3 N–H and O–H groups in total. The molecular formula is C10H16N2OS. The van der Waals surface area contributed by atoms with Crippen LogP contribution in [-0.2, 0) is 6.42 Å². The quantitative estimate of drug-likeness (QED) is 0.773. The van der Waals surface area contributed by atoms with E-state index in [9.17, 15) is 5.11 Å². The summed E-state index contributed by atoms with van der Waals surface area (Å²) >= 11 is 1.68. The molecule has 1 fully saturated rings. The Kier molecular flexibility index (Phi) is 2.37. The second-order valence-corrected chi connectivity index (χ2v) is 5.61. The first-order chi connectivity index (χ1) is 6.48. The van der Waals surface area contributed by atoms with Crippen LogP contribution in [0.2, 0.25) is 0 Å². The first-order valence-corrected chi connectivity index (χ1v) is 5.71. The molecule has 2 rings (SSSR count). The summed E-state index contributed by atoms with van der Waals surface area (Å²) in [7, 11) is 0. The lowest BCUT2D eigenvalue weighted by molar-refractivity contribution is -0.0455. The fraction of sp³-hybridized carbons (Fsp3) is 0.700. The number of hydrogen-bond acceptors (Lipinski definition) is 4. The first-order valence-electron chi connectivity index (χ1n) is 4.89. The van der Waals surface area contributed by atoms with Crippen molar-refractivity contribution < 1.29 is 5.11 Å². The van der Waals surface area contributed by atoms with Gasteiger partial charge in [0.1, 0.15) is 0 Å². The van der Waals surface area contributed by atoms with Gasteiger partial charge in [-0.2, -0.15) is 0 Å². The van der Waals surface area contributed by atoms with E-state index in [-0.39, 0.29) is 6.04 Å². The van der Waals surface area contributed by atoms with Crippen molar-refractivity contribution >= 4 is 11.3 Å². The second kappa shape index (κ2) is 3.29. The van der Waals surface area contributed by atoms with Crippen LogP contribution in [0.1, 0.15) is 28.4 Å². The molecule has 0 saturated heterocycles. The van der Waals surface area contributed by atoms with Crippen LogP contribution in [0.25, 0.3) is 0 Å². The van der Waals surface area contributed by atoms with Crippen LogP contribution in [0.15, 0.2) is 0 Å². The van der Waals surface area contributed by atoms with Crippen molar-refractivity contribution in [1.29, 1.82) is 0 Å². The minimum absolute atomic E-state index is 0.183. The summed E-state index contributed by atoms with van der Waals surface area (Å²) in [6.07, 6.45) is 2.09. The van der Waals surface area contributed by atoms with Gasteiger partial charge in [0.05, 0.1) is 16.3 Å². The normalized spacial score (nSPS) is 31.6. The highest BCUT2D eigenvalue weighted by Gasteiger charge is 2.41. The Morgan fingerprint density at radius 3 is 2.64 bits per heavy atom. The molecule has 78 valence electrons. The lowest BCUT2D eigenvalue weighted by atomic mass is 9.74. The van der Waals surface area contributed by atoms with Gasteiger partial charge in [-0.25, -0.2) is 4.98 Å². The SMILES string of the molecule is Cc1nc(CC2(O)CC(N)C2)sc1C. The Morgan fingerprint density at radius 1 is 1.57 bits per heavy atom. The summed E-state index contributed by atoms with van der Waals surface area (Å²) in [5, 5.41) is 11.1. The topological polar surface area (TPSA) is 59.1 Å². The first kappa shape index (κ1) is 10.1. The molecule has 1 aromatic heterocycles. The van der Waals surface area contributed by atoms with Gasteiger partial charge in [-0.15, -0.1) is 11.3 Å². The van der Waals surface area contributed by atoms with E-state index in [1.165, 1.54) is 4.88 Å². The van der Waals surface area contributed by atoms with Crippen molar-refractivity contribution in [2.75, 3.05) is 0 Å². The highest BCUT2D eigenvalue weighted by molar-refractivity contribution is 7.11. The lowest BCUT2D eigenvalue weighted by Crippen LogP contribution is -2.52. The van der Waals surface area contributed by atoms with Gasteiger partial charge in [-0.05, 0) is 26.7 Å². The summed E-state index contributed by atoms with van der Waals surface area (Å²) in [5.41, 5.74) is 6.17. The van der Waals surface area contributed by atoms with Crippen LogP contribution in [0, 0.1) is 13.8 Å². The molecule has 0 amide bonds. The smallest absolute Gasteiger partial charge is 0.0959 e. The number of rotatable bonds is 2. The Hall–Kier alpha value is -0.450. The van der Waals surface area contributed by atoms with Gasteiger partial charge >= 0.3 is 0 Å². The minimum atomic E-state index is -0.573. The molecular weight excluding hydrogens is 196 g/mol. The molecule has 1 saturated carbocycles. The standard InChI is InChI=1S/C10H16N2OS/c1-6-7(2)14-9(12-6)5-10(13)3-8(11)4-10/h8,13H,3-5,11H2,1-2H3. The van der Waals surface area contributed by atoms with Gasteiger partial charge in [0, 0.05) is 17.3 Å². The molecule has 0 bridgehead atoms. The molecule has 0 atom stereocenters.